The molecule has 0 fully saturated rings. The van der Waals surface area contributed by atoms with Crippen molar-refractivity contribution in [1.29, 1.82) is 0 Å². The Morgan fingerprint density at radius 3 is 2.87 bits per heavy atom. The van der Waals surface area contributed by atoms with E-state index in [-0.39, 0.29) is 18.1 Å². The second kappa shape index (κ2) is 9.34. The summed E-state index contributed by atoms with van der Waals surface area (Å²) in [5, 5.41) is 2.10. The average molecular weight is 423 g/mol. The van der Waals surface area contributed by atoms with Gasteiger partial charge in [-0.1, -0.05) is 12.1 Å². The molecule has 0 bridgehead atoms. The highest BCUT2D eigenvalue weighted by atomic mass is 19.4. The van der Waals surface area contributed by atoms with Crippen molar-refractivity contribution in [2.75, 3.05) is 20.2 Å². The van der Waals surface area contributed by atoms with Crippen LogP contribution in [-0.4, -0.2) is 48.3 Å². The Kier molecular flexibility index (Phi) is 6.81. The molecule has 3 rings (SSSR count). The maximum absolute atomic E-state index is 13.4. The Morgan fingerprint density at radius 1 is 1.40 bits per heavy atom. The van der Waals surface area contributed by atoms with Crippen molar-refractivity contribution < 1.29 is 27.4 Å². The van der Waals surface area contributed by atoms with Gasteiger partial charge in [-0.3, -0.25) is 14.7 Å². The van der Waals surface area contributed by atoms with Crippen LogP contribution in [0.2, 0.25) is 0 Å². The van der Waals surface area contributed by atoms with Gasteiger partial charge < -0.3 is 14.8 Å². The zero-order chi connectivity index (χ0) is 21.7. The lowest BCUT2D eigenvalue weighted by Gasteiger charge is -2.24. The summed E-state index contributed by atoms with van der Waals surface area (Å²) in [6, 6.07) is 6.14. The monoisotopic (exact) mass is 423 g/mol. The van der Waals surface area contributed by atoms with E-state index in [2.05, 4.69) is 10.3 Å². The van der Waals surface area contributed by atoms with Crippen molar-refractivity contribution >= 4 is 5.91 Å². The maximum atomic E-state index is 13.4. The molecule has 0 saturated heterocycles. The van der Waals surface area contributed by atoms with Gasteiger partial charge in [-0.25, -0.2) is 0 Å². The number of ether oxygens (including phenoxy) is 2. The fourth-order valence-electron chi connectivity index (χ4n) is 3.39. The number of fused-ring (bicyclic) bond motifs is 1. The number of halogens is 3. The molecule has 2 aromatic rings. The number of alkyl halides is 3. The molecule has 9 heteroatoms. The third-order valence-electron chi connectivity index (χ3n) is 4.82. The summed E-state index contributed by atoms with van der Waals surface area (Å²) in [6.07, 6.45) is -2.32. The number of hydrogen-bond acceptors (Lipinski definition) is 5. The first-order chi connectivity index (χ1) is 14.3. The van der Waals surface area contributed by atoms with Crippen LogP contribution in [0.4, 0.5) is 13.2 Å². The molecule has 0 spiro atoms. The molecule has 2 atom stereocenters. The summed E-state index contributed by atoms with van der Waals surface area (Å²) in [5.41, 5.74) is 0.835. The van der Waals surface area contributed by atoms with Crippen LogP contribution in [0.3, 0.4) is 0 Å². The predicted octanol–water partition coefficient (Wildman–Crippen LogP) is 3.48. The number of aromatic nitrogens is 1. The summed E-state index contributed by atoms with van der Waals surface area (Å²) in [5.74, 6) is 0.721. The summed E-state index contributed by atoms with van der Waals surface area (Å²) in [6.45, 7) is 3.30. The van der Waals surface area contributed by atoms with Crippen LogP contribution in [0.25, 0.3) is 0 Å². The van der Waals surface area contributed by atoms with E-state index in [9.17, 15) is 18.0 Å². The molecule has 162 valence electrons. The molecule has 6 nitrogen and oxygen atoms in total. The van der Waals surface area contributed by atoms with E-state index >= 15 is 0 Å². The number of nitrogens with one attached hydrogen (secondary N) is 1. The van der Waals surface area contributed by atoms with Crippen LogP contribution >= 0.6 is 0 Å². The highest BCUT2D eigenvalue weighted by molar-refractivity contribution is 5.76. The molecule has 1 N–H and O–H groups in total. The number of pyridine rings is 1. The van der Waals surface area contributed by atoms with Gasteiger partial charge in [-0.05, 0) is 19.1 Å². The zero-order valence-corrected chi connectivity index (χ0v) is 16.8. The number of methoxy groups -OCH3 is 1. The molecule has 1 amide bonds. The lowest BCUT2D eigenvalue weighted by atomic mass is 10.1. The van der Waals surface area contributed by atoms with Crippen LogP contribution in [0.5, 0.6) is 11.5 Å². The molecule has 0 saturated carbocycles. The molecule has 0 aliphatic carbocycles. The first-order valence-corrected chi connectivity index (χ1v) is 9.58. The van der Waals surface area contributed by atoms with Gasteiger partial charge in [0.25, 0.3) is 0 Å². The van der Waals surface area contributed by atoms with Gasteiger partial charge in [0.2, 0.25) is 5.91 Å². The molecular formula is C21H24F3N3O3. The molecule has 1 aromatic heterocycles. The Morgan fingerprint density at radius 2 is 2.20 bits per heavy atom. The van der Waals surface area contributed by atoms with Crippen LogP contribution in [0, 0.1) is 0 Å². The van der Waals surface area contributed by atoms with Crippen LogP contribution in [0.1, 0.15) is 30.5 Å². The van der Waals surface area contributed by atoms with Gasteiger partial charge in [-0.15, -0.1) is 0 Å². The van der Waals surface area contributed by atoms with Gasteiger partial charge in [0, 0.05) is 55.6 Å². The van der Waals surface area contributed by atoms with Crippen LogP contribution in [0.15, 0.2) is 42.7 Å². The molecule has 1 aliphatic heterocycles. The second-order valence-corrected chi connectivity index (χ2v) is 7.22. The number of benzene rings is 1. The molecular weight excluding hydrogens is 399 g/mol. The number of amides is 1. The van der Waals surface area contributed by atoms with E-state index in [4.69, 9.17) is 9.47 Å². The average Bonchev–Trinajstić information content (AvgIpc) is 2.87. The fourth-order valence-corrected chi connectivity index (χ4v) is 3.39. The lowest BCUT2D eigenvalue weighted by molar-refractivity contribution is -0.163. The minimum Gasteiger partial charge on any atom is -0.497 e. The normalized spacial score (nSPS) is 18.0. The highest BCUT2D eigenvalue weighted by Gasteiger charge is 2.42. The summed E-state index contributed by atoms with van der Waals surface area (Å²) in [4.78, 5) is 18.0. The minimum atomic E-state index is -4.61. The van der Waals surface area contributed by atoms with Crippen molar-refractivity contribution in [2.45, 2.75) is 38.2 Å². The standard InChI is InChI=1S/C21H24F3N3O3/c1-14-12-27(13-16-5-6-17(29-2)10-18(16)30-14)9-7-19(28)26-20(21(22,23)24)15-4-3-8-25-11-15/h3-6,8,10-11,14,20H,7,9,12-13H2,1-2H3,(H,26,28)/t14-,20+/m1/s1. The number of nitrogens with zero attached hydrogens (tertiary/aromatic N) is 2. The first kappa shape index (κ1) is 21.9. The number of rotatable bonds is 6. The van der Waals surface area contributed by atoms with E-state index in [1.165, 1.54) is 18.3 Å². The fraction of sp³-hybridized carbons (Fsp3) is 0.429. The summed E-state index contributed by atoms with van der Waals surface area (Å²) >= 11 is 0. The van der Waals surface area contributed by atoms with Crippen molar-refractivity contribution in [1.82, 2.24) is 15.2 Å². The number of carbonyl (C=O) groups is 1. The Labute approximate surface area is 173 Å². The predicted molar refractivity (Wildman–Crippen MR) is 104 cm³/mol. The van der Waals surface area contributed by atoms with Crippen molar-refractivity contribution in [3.05, 3.63) is 53.9 Å². The van der Waals surface area contributed by atoms with Crippen LogP contribution in [-0.2, 0) is 11.3 Å². The van der Waals surface area contributed by atoms with Crippen molar-refractivity contribution in [3.8, 4) is 11.5 Å². The second-order valence-electron chi connectivity index (χ2n) is 7.22. The van der Waals surface area contributed by atoms with E-state index in [1.807, 2.05) is 30.0 Å². The smallest absolute Gasteiger partial charge is 0.412 e. The maximum Gasteiger partial charge on any atom is 0.412 e. The molecule has 30 heavy (non-hydrogen) atoms. The van der Waals surface area contributed by atoms with Gasteiger partial charge in [0.1, 0.15) is 17.6 Å². The third-order valence-corrected chi connectivity index (χ3v) is 4.82. The van der Waals surface area contributed by atoms with E-state index in [1.54, 1.807) is 7.11 Å². The minimum absolute atomic E-state index is 0.0644. The van der Waals surface area contributed by atoms with Gasteiger partial charge in [-0.2, -0.15) is 13.2 Å². The first-order valence-electron chi connectivity index (χ1n) is 9.58. The molecule has 0 unspecified atom stereocenters. The largest absolute Gasteiger partial charge is 0.497 e. The molecule has 2 heterocycles. The Balaban J connectivity index is 1.63. The van der Waals surface area contributed by atoms with Crippen molar-refractivity contribution in [3.63, 3.8) is 0 Å². The van der Waals surface area contributed by atoms with E-state index in [0.29, 0.717) is 31.1 Å². The topological polar surface area (TPSA) is 63.7 Å². The quantitative estimate of drug-likeness (QED) is 0.771. The third kappa shape index (κ3) is 5.63. The highest BCUT2D eigenvalue weighted by Crippen LogP contribution is 2.32. The summed E-state index contributed by atoms with van der Waals surface area (Å²) in [7, 11) is 1.58. The molecule has 1 aliphatic rings. The van der Waals surface area contributed by atoms with Crippen LogP contribution < -0.4 is 14.8 Å². The number of hydrogen-bond donors (Lipinski definition) is 1. The number of carbonyl (C=O) groups excluding carboxylic acids is 1. The van der Waals surface area contributed by atoms with Crippen molar-refractivity contribution in [2.24, 2.45) is 0 Å². The van der Waals surface area contributed by atoms with E-state index < -0.39 is 18.1 Å². The molecule has 1 aromatic carbocycles. The van der Waals surface area contributed by atoms with Gasteiger partial charge >= 0.3 is 6.18 Å². The SMILES string of the molecule is COc1ccc2c(c1)O[C@H](C)CN(CCC(=O)N[C@@H](c1cccnc1)C(F)(F)F)C2. The lowest BCUT2D eigenvalue weighted by Crippen LogP contribution is -2.40. The van der Waals surface area contributed by atoms with Gasteiger partial charge in [0.15, 0.2) is 6.04 Å². The van der Waals surface area contributed by atoms with E-state index in [0.717, 1.165) is 11.8 Å². The Bertz CT molecular complexity index is 862. The molecule has 0 radical (unpaired) electrons. The summed E-state index contributed by atoms with van der Waals surface area (Å²) < 4.78 is 51.4. The zero-order valence-electron chi connectivity index (χ0n) is 16.8. The Hall–Kier alpha value is -2.81. The van der Waals surface area contributed by atoms with Gasteiger partial charge in [0.05, 0.1) is 7.11 Å².